The number of halogens is 1. The number of rotatable bonds is 4. The Morgan fingerprint density at radius 2 is 2.06 bits per heavy atom. The molecule has 0 aliphatic rings. The molecule has 0 spiro atoms. The lowest BCUT2D eigenvalue weighted by molar-refractivity contribution is 0.0983. The average Bonchev–Trinajstić information content (AvgIpc) is 2.73. The van der Waals surface area contributed by atoms with Crippen LogP contribution in [0.5, 0.6) is 0 Å². The number of carbonyl (C=O) groups is 1. The van der Waals surface area contributed by atoms with E-state index in [1.807, 2.05) is 36.6 Å². The van der Waals surface area contributed by atoms with Crippen LogP contribution < -0.4 is 0 Å². The van der Waals surface area contributed by atoms with E-state index in [1.165, 1.54) is 0 Å². The van der Waals surface area contributed by atoms with E-state index < -0.39 is 0 Å². The minimum absolute atomic E-state index is 0.172. The molecule has 0 amide bonds. The van der Waals surface area contributed by atoms with E-state index in [-0.39, 0.29) is 5.78 Å². The molecule has 2 aromatic rings. The summed E-state index contributed by atoms with van der Waals surface area (Å²) in [5, 5.41) is 3.05. The van der Waals surface area contributed by atoms with Crippen molar-refractivity contribution in [1.82, 2.24) is 4.98 Å². The molecule has 0 atom stereocenters. The summed E-state index contributed by atoms with van der Waals surface area (Å²) in [6, 6.07) is 7.47. The van der Waals surface area contributed by atoms with Crippen LogP contribution in [-0.4, -0.2) is 10.8 Å². The van der Waals surface area contributed by atoms with Gasteiger partial charge in [0.1, 0.15) is 0 Å². The molecule has 0 unspecified atom stereocenters. The van der Waals surface area contributed by atoms with E-state index in [4.69, 9.17) is 0 Å². The third kappa shape index (κ3) is 3.48. The molecule has 1 heterocycles. The normalized spacial score (nSPS) is 10.5. The highest BCUT2D eigenvalue weighted by Crippen LogP contribution is 2.15. The zero-order valence-electron chi connectivity index (χ0n) is 9.44. The molecule has 0 saturated heterocycles. The summed E-state index contributed by atoms with van der Waals surface area (Å²) in [6.45, 7) is 1.97. The summed E-state index contributed by atoms with van der Waals surface area (Å²) < 4.78 is 0.990. The summed E-state index contributed by atoms with van der Waals surface area (Å²) in [7, 11) is 0. The molecular formula is C13H12BrNOS. The molecule has 0 radical (unpaired) electrons. The lowest BCUT2D eigenvalue weighted by Crippen LogP contribution is -2.00. The summed E-state index contributed by atoms with van der Waals surface area (Å²) >= 11 is 4.97. The Hall–Kier alpha value is -1.00. The molecule has 88 valence electrons. The highest BCUT2D eigenvalue weighted by molar-refractivity contribution is 9.10. The lowest BCUT2D eigenvalue weighted by Gasteiger charge is -1.99. The Labute approximate surface area is 113 Å². The number of hydrogen-bond acceptors (Lipinski definition) is 3. The molecule has 0 aliphatic heterocycles. The van der Waals surface area contributed by atoms with Crippen molar-refractivity contribution in [1.29, 1.82) is 0 Å². The van der Waals surface area contributed by atoms with Crippen molar-refractivity contribution in [3.05, 3.63) is 50.4 Å². The van der Waals surface area contributed by atoms with Crippen LogP contribution in [0.15, 0.2) is 34.1 Å². The first kappa shape index (κ1) is 12.5. The summed E-state index contributed by atoms with van der Waals surface area (Å²) in [5.74, 6) is 0.172. The van der Waals surface area contributed by atoms with E-state index in [0.717, 1.165) is 27.2 Å². The number of carbonyl (C=O) groups excluding carboxylic acids is 1. The quantitative estimate of drug-likeness (QED) is 0.798. The summed E-state index contributed by atoms with van der Waals surface area (Å²) in [4.78, 5) is 16.2. The van der Waals surface area contributed by atoms with Gasteiger partial charge in [-0.15, -0.1) is 11.3 Å². The first-order valence-electron chi connectivity index (χ1n) is 5.35. The second-order valence-electron chi connectivity index (χ2n) is 3.81. The molecule has 2 rings (SSSR count). The highest BCUT2D eigenvalue weighted by Gasteiger charge is 2.07. The third-order valence-electron chi connectivity index (χ3n) is 2.40. The topological polar surface area (TPSA) is 30.0 Å². The number of nitrogens with zero attached hydrogens (tertiary/aromatic N) is 1. The Kier molecular flexibility index (Phi) is 4.07. The van der Waals surface area contributed by atoms with Gasteiger partial charge in [0.15, 0.2) is 5.78 Å². The largest absolute Gasteiger partial charge is 0.294 e. The van der Waals surface area contributed by atoms with Gasteiger partial charge in [0.25, 0.3) is 0 Å². The molecule has 0 bridgehead atoms. The smallest absolute Gasteiger partial charge is 0.163 e. The Balaban J connectivity index is 1.95. The Bertz CT molecular complexity index is 518. The van der Waals surface area contributed by atoms with Crippen molar-refractivity contribution in [3.8, 4) is 0 Å². The number of aryl methyl sites for hydroxylation is 2. The number of Topliss-reactive ketones (excluding diaryl/α,β-unsaturated/α-hetero) is 1. The van der Waals surface area contributed by atoms with Crippen molar-refractivity contribution in [2.75, 3.05) is 0 Å². The minimum atomic E-state index is 0.172. The first-order chi connectivity index (χ1) is 8.15. The molecule has 0 saturated carbocycles. The Morgan fingerprint density at radius 3 is 2.65 bits per heavy atom. The molecule has 17 heavy (non-hydrogen) atoms. The molecule has 0 N–H and O–H groups in total. The predicted octanol–water partition coefficient (Wildman–Crippen LogP) is 4.03. The van der Waals surface area contributed by atoms with Crippen LogP contribution >= 0.6 is 27.3 Å². The van der Waals surface area contributed by atoms with Gasteiger partial charge >= 0.3 is 0 Å². The van der Waals surface area contributed by atoms with E-state index >= 15 is 0 Å². The molecule has 4 heteroatoms. The van der Waals surface area contributed by atoms with Crippen LogP contribution in [0.1, 0.15) is 27.5 Å². The van der Waals surface area contributed by atoms with E-state index in [1.54, 1.807) is 11.3 Å². The van der Waals surface area contributed by atoms with Crippen molar-refractivity contribution < 1.29 is 4.79 Å². The maximum atomic E-state index is 11.9. The zero-order valence-corrected chi connectivity index (χ0v) is 11.8. The average molecular weight is 310 g/mol. The predicted molar refractivity (Wildman–Crippen MR) is 73.6 cm³/mol. The van der Waals surface area contributed by atoms with E-state index in [9.17, 15) is 4.79 Å². The first-order valence-corrected chi connectivity index (χ1v) is 7.02. The van der Waals surface area contributed by atoms with Gasteiger partial charge in [0.2, 0.25) is 0 Å². The maximum absolute atomic E-state index is 11.9. The van der Waals surface area contributed by atoms with Crippen LogP contribution in [0.25, 0.3) is 0 Å². The van der Waals surface area contributed by atoms with Gasteiger partial charge in [0.05, 0.1) is 5.01 Å². The van der Waals surface area contributed by atoms with Crippen LogP contribution in [0.4, 0.5) is 0 Å². The number of thiazole rings is 1. The molecular weight excluding hydrogens is 298 g/mol. The fraction of sp³-hybridized carbons (Fsp3) is 0.231. The fourth-order valence-electron chi connectivity index (χ4n) is 1.52. The van der Waals surface area contributed by atoms with Crippen molar-refractivity contribution in [2.24, 2.45) is 0 Å². The monoisotopic (exact) mass is 309 g/mol. The second kappa shape index (κ2) is 5.56. The number of ketones is 1. The number of hydrogen-bond donors (Lipinski definition) is 0. The van der Waals surface area contributed by atoms with Crippen LogP contribution in [0.3, 0.4) is 0 Å². The van der Waals surface area contributed by atoms with Crippen LogP contribution in [0.2, 0.25) is 0 Å². The molecule has 0 fully saturated rings. The van der Waals surface area contributed by atoms with Gasteiger partial charge < -0.3 is 0 Å². The second-order valence-corrected chi connectivity index (χ2v) is 5.67. The zero-order chi connectivity index (χ0) is 12.3. The van der Waals surface area contributed by atoms with Gasteiger partial charge in [-0.25, -0.2) is 4.98 Å². The van der Waals surface area contributed by atoms with Gasteiger partial charge in [-0.1, -0.05) is 28.1 Å². The number of benzene rings is 1. The van der Waals surface area contributed by atoms with Crippen molar-refractivity contribution in [3.63, 3.8) is 0 Å². The lowest BCUT2D eigenvalue weighted by atomic mass is 10.1. The van der Waals surface area contributed by atoms with Gasteiger partial charge in [-0.2, -0.15) is 0 Å². The molecule has 1 aromatic carbocycles. The standard InChI is InChI=1S/C13H12BrNOS/c1-9-8-17-13(15-9)7-6-12(16)10-2-4-11(14)5-3-10/h2-5,8H,6-7H2,1H3. The summed E-state index contributed by atoms with van der Waals surface area (Å²) in [5.41, 5.74) is 1.79. The van der Waals surface area contributed by atoms with Crippen LogP contribution in [-0.2, 0) is 6.42 Å². The van der Waals surface area contributed by atoms with Crippen molar-refractivity contribution in [2.45, 2.75) is 19.8 Å². The minimum Gasteiger partial charge on any atom is -0.294 e. The fourth-order valence-corrected chi connectivity index (χ4v) is 2.56. The third-order valence-corrected chi connectivity index (χ3v) is 3.95. The van der Waals surface area contributed by atoms with Gasteiger partial charge in [-0.05, 0) is 19.1 Å². The van der Waals surface area contributed by atoms with E-state index in [0.29, 0.717) is 6.42 Å². The number of aromatic nitrogens is 1. The van der Waals surface area contributed by atoms with Gasteiger partial charge in [0, 0.05) is 34.0 Å². The molecule has 2 nitrogen and oxygen atoms in total. The van der Waals surface area contributed by atoms with Gasteiger partial charge in [-0.3, -0.25) is 4.79 Å². The summed E-state index contributed by atoms with van der Waals surface area (Å²) in [6.07, 6.45) is 1.25. The SMILES string of the molecule is Cc1csc(CCC(=O)c2ccc(Br)cc2)n1. The molecule has 1 aromatic heterocycles. The van der Waals surface area contributed by atoms with E-state index in [2.05, 4.69) is 20.9 Å². The van der Waals surface area contributed by atoms with Crippen molar-refractivity contribution >= 4 is 33.0 Å². The Morgan fingerprint density at radius 1 is 1.35 bits per heavy atom. The van der Waals surface area contributed by atoms with Crippen LogP contribution in [0, 0.1) is 6.92 Å². The molecule has 0 aliphatic carbocycles. The highest BCUT2D eigenvalue weighted by atomic mass is 79.9. The maximum Gasteiger partial charge on any atom is 0.163 e.